The lowest BCUT2D eigenvalue weighted by molar-refractivity contribution is -0.143. The number of methoxy groups -OCH3 is 1. The molecule has 262 valence electrons. The topological polar surface area (TPSA) is 73.3 Å². The normalized spacial score (nSPS) is 30.5. The number of carbonyl (C=O) groups excluding carboxylic acids is 1. The third-order valence-electron chi connectivity index (χ3n) is 11.3. The van der Waals surface area contributed by atoms with Gasteiger partial charge in [0.2, 0.25) is 5.67 Å². The summed E-state index contributed by atoms with van der Waals surface area (Å²) < 4.78 is 80.2. The molecule has 7 nitrogen and oxygen atoms in total. The summed E-state index contributed by atoms with van der Waals surface area (Å²) in [6, 6.07) is 10.3. The monoisotopic (exact) mass is 677 g/mol. The van der Waals surface area contributed by atoms with Gasteiger partial charge in [0.1, 0.15) is 11.9 Å². The van der Waals surface area contributed by atoms with Gasteiger partial charge in [0.25, 0.3) is 5.91 Å². The van der Waals surface area contributed by atoms with Crippen LogP contribution in [0.4, 0.5) is 27.6 Å². The van der Waals surface area contributed by atoms with Gasteiger partial charge in [-0.15, -0.1) is 0 Å². The van der Waals surface area contributed by atoms with Gasteiger partial charge in [-0.25, -0.2) is 8.78 Å². The van der Waals surface area contributed by atoms with Crippen molar-refractivity contribution in [2.24, 2.45) is 11.8 Å². The highest BCUT2D eigenvalue weighted by molar-refractivity contribution is 5.88. The van der Waals surface area contributed by atoms with Gasteiger partial charge < -0.3 is 19.6 Å². The molecule has 1 amide bonds. The minimum Gasteiger partial charge on any atom is -0.497 e. The number of alkyl halides is 5. The fourth-order valence-corrected chi connectivity index (χ4v) is 8.32. The number of rotatable bonds is 7. The van der Waals surface area contributed by atoms with E-state index in [1.165, 1.54) is 18.1 Å². The molecule has 3 heterocycles. The molecule has 6 rings (SSSR count). The second-order valence-corrected chi connectivity index (χ2v) is 14.2. The molecule has 4 fully saturated rings. The van der Waals surface area contributed by atoms with E-state index in [0.29, 0.717) is 29.3 Å². The number of nitrogens with zero attached hydrogens (tertiary/aromatic N) is 3. The highest BCUT2D eigenvalue weighted by Crippen LogP contribution is 2.46. The number of anilines is 1. The Hall–Kier alpha value is -3.41. The Balaban J connectivity index is 1.27. The number of carboxylic acid groups (broad SMARTS) is 1. The second kappa shape index (κ2) is 13.5. The van der Waals surface area contributed by atoms with Gasteiger partial charge in [-0.3, -0.25) is 14.5 Å². The van der Waals surface area contributed by atoms with Crippen LogP contribution in [0.2, 0.25) is 0 Å². The van der Waals surface area contributed by atoms with E-state index < -0.39 is 53.2 Å². The van der Waals surface area contributed by atoms with Crippen LogP contribution in [0.3, 0.4) is 0 Å². The summed E-state index contributed by atoms with van der Waals surface area (Å²) in [5, 5.41) is 9.42. The maximum atomic E-state index is 17.5. The number of hydrogen-bond donors (Lipinski definition) is 1. The van der Waals surface area contributed by atoms with Crippen molar-refractivity contribution in [3.05, 3.63) is 59.2 Å². The van der Waals surface area contributed by atoms with Gasteiger partial charge in [0, 0.05) is 56.3 Å². The van der Waals surface area contributed by atoms with Gasteiger partial charge in [0.15, 0.2) is 0 Å². The number of halogens is 5. The van der Waals surface area contributed by atoms with Crippen LogP contribution in [0.1, 0.15) is 74.0 Å². The number of ether oxygens (including phenoxy) is 1. The smallest absolute Gasteiger partial charge is 0.416 e. The zero-order valence-corrected chi connectivity index (χ0v) is 27.4. The largest absolute Gasteiger partial charge is 0.497 e. The van der Waals surface area contributed by atoms with Crippen molar-refractivity contribution in [1.82, 2.24) is 9.80 Å². The van der Waals surface area contributed by atoms with Crippen molar-refractivity contribution in [3.8, 4) is 5.75 Å². The maximum absolute atomic E-state index is 17.5. The van der Waals surface area contributed by atoms with Crippen LogP contribution < -0.4 is 9.64 Å². The highest BCUT2D eigenvalue weighted by Gasteiger charge is 2.57. The van der Waals surface area contributed by atoms with Crippen LogP contribution in [-0.4, -0.2) is 91.0 Å². The summed E-state index contributed by atoms with van der Waals surface area (Å²) in [5.74, 6) is -2.91. The molecule has 1 saturated carbocycles. The molecule has 0 bridgehead atoms. The third-order valence-corrected chi connectivity index (χ3v) is 11.3. The van der Waals surface area contributed by atoms with Gasteiger partial charge in [-0.05, 0) is 79.8 Å². The van der Waals surface area contributed by atoms with Gasteiger partial charge in [0.05, 0.1) is 25.1 Å². The summed E-state index contributed by atoms with van der Waals surface area (Å²) >= 11 is 0. The van der Waals surface area contributed by atoms with Crippen molar-refractivity contribution < 1.29 is 41.4 Å². The molecule has 12 heteroatoms. The molecule has 1 aliphatic carbocycles. The van der Waals surface area contributed by atoms with Gasteiger partial charge in [-0.1, -0.05) is 25.1 Å². The quantitative estimate of drug-likeness (QED) is 0.331. The van der Waals surface area contributed by atoms with E-state index in [0.717, 1.165) is 37.8 Å². The average Bonchev–Trinajstić information content (AvgIpc) is 3.64. The lowest BCUT2D eigenvalue weighted by Gasteiger charge is -2.35. The van der Waals surface area contributed by atoms with Crippen molar-refractivity contribution in [2.75, 3.05) is 51.3 Å². The van der Waals surface area contributed by atoms with Crippen LogP contribution in [0.15, 0.2) is 42.5 Å². The highest BCUT2D eigenvalue weighted by atomic mass is 19.4. The van der Waals surface area contributed by atoms with E-state index in [1.807, 2.05) is 0 Å². The minimum atomic E-state index is -4.64. The van der Waals surface area contributed by atoms with E-state index in [1.54, 1.807) is 29.2 Å². The number of amides is 1. The number of carboxylic acids is 1. The first kappa shape index (κ1) is 34.5. The number of hydrogen-bond acceptors (Lipinski definition) is 5. The molecule has 4 atom stereocenters. The first-order valence-electron chi connectivity index (χ1n) is 17.0. The fraction of sp³-hybridized carbons (Fsp3) is 0.611. The summed E-state index contributed by atoms with van der Waals surface area (Å²) in [4.78, 5) is 30.8. The Labute approximate surface area is 278 Å². The molecule has 0 radical (unpaired) electrons. The molecule has 1 N–H and O–H groups in total. The van der Waals surface area contributed by atoms with Crippen LogP contribution in [-0.2, 0) is 15.8 Å². The number of piperidine rings is 1. The van der Waals surface area contributed by atoms with Crippen LogP contribution in [0.25, 0.3) is 0 Å². The van der Waals surface area contributed by atoms with Crippen molar-refractivity contribution in [2.45, 2.75) is 81.3 Å². The Morgan fingerprint density at radius 1 is 0.938 bits per heavy atom. The summed E-state index contributed by atoms with van der Waals surface area (Å²) in [6.45, 7) is 2.30. The first-order chi connectivity index (χ1) is 22.8. The molecule has 3 saturated heterocycles. The van der Waals surface area contributed by atoms with Gasteiger partial charge in [-0.2, -0.15) is 13.2 Å². The van der Waals surface area contributed by atoms with E-state index in [-0.39, 0.29) is 57.3 Å². The molecular formula is C36H44F5N3O4. The first-order valence-corrected chi connectivity index (χ1v) is 17.0. The predicted molar refractivity (Wildman–Crippen MR) is 171 cm³/mol. The lowest BCUT2D eigenvalue weighted by atomic mass is 9.85. The van der Waals surface area contributed by atoms with Crippen LogP contribution >= 0.6 is 0 Å². The van der Waals surface area contributed by atoms with E-state index >= 15 is 8.78 Å². The molecule has 4 aliphatic rings. The number of aliphatic carboxylic acids is 1. The standard InChI is InChI=1S/C36H44F5N3O4/c1-22-3-8-26(9-4-22)44-19-30(23-5-10-27(48-2)11-6-23)35(38,21-44)34(47)43-18-29(31(37)20-43)28-12-7-25(36(39,40)41)17-32(28)42-15-13-24(14-16-42)33(45)46/h5-7,10-12,17,22,24,26,29-31H,3-4,8-9,13-16,18-21H2,1-2H3,(H,45,46)/t22?,26?,29-,30+,31-,35+/m1/s1. The van der Waals surface area contributed by atoms with Crippen molar-refractivity contribution in [3.63, 3.8) is 0 Å². The van der Waals surface area contributed by atoms with E-state index in [9.17, 15) is 27.9 Å². The molecule has 0 unspecified atom stereocenters. The fourth-order valence-electron chi connectivity index (χ4n) is 8.32. The maximum Gasteiger partial charge on any atom is 0.416 e. The third kappa shape index (κ3) is 6.73. The number of carbonyl (C=O) groups is 2. The molecule has 2 aromatic rings. The second-order valence-electron chi connectivity index (χ2n) is 14.2. The SMILES string of the molecule is COc1ccc([C@@H]2CN(C3CCC(C)CC3)C[C@@]2(F)C(=O)N2C[C@@H](F)[C@@H](c3ccc(C(F)(F)F)cc3N3CCC(C(=O)O)CC3)C2)cc1. The zero-order valence-electron chi connectivity index (χ0n) is 27.4. The number of benzene rings is 2. The summed E-state index contributed by atoms with van der Waals surface area (Å²) in [7, 11) is 1.54. The molecule has 3 aliphatic heterocycles. The van der Waals surface area contributed by atoms with E-state index in [2.05, 4.69) is 11.8 Å². The summed E-state index contributed by atoms with van der Waals surface area (Å²) in [5.41, 5.74) is -2.07. The Morgan fingerprint density at radius 3 is 2.21 bits per heavy atom. The Morgan fingerprint density at radius 2 is 1.60 bits per heavy atom. The van der Waals surface area contributed by atoms with Crippen molar-refractivity contribution >= 4 is 17.6 Å². The van der Waals surface area contributed by atoms with Crippen LogP contribution in [0, 0.1) is 11.8 Å². The van der Waals surface area contributed by atoms with Crippen LogP contribution in [0.5, 0.6) is 5.75 Å². The molecule has 0 aromatic heterocycles. The Kier molecular flexibility index (Phi) is 9.67. The molecule has 0 spiro atoms. The molecular weight excluding hydrogens is 633 g/mol. The van der Waals surface area contributed by atoms with Crippen molar-refractivity contribution in [1.29, 1.82) is 0 Å². The molecule has 2 aromatic carbocycles. The zero-order chi connectivity index (χ0) is 34.4. The average molecular weight is 678 g/mol. The predicted octanol–water partition coefficient (Wildman–Crippen LogP) is 6.67. The summed E-state index contributed by atoms with van der Waals surface area (Å²) in [6.07, 6.45) is -1.88. The van der Waals surface area contributed by atoms with E-state index in [4.69, 9.17) is 4.74 Å². The lowest BCUT2D eigenvalue weighted by Crippen LogP contribution is -2.50. The molecule has 48 heavy (non-hydrogen) atoms. The number of likely N-dealkylation sites (tertiary alicyclic amines) is 2. The Bertz CT molecular complexity index is 1470. The van der Waals surface area contributed by atoms with Gasteiger partial charge >= 0.3 is 12.1 Å². The minimum absolute atomic E-state index is 0.107.